The Bertz CT molecular complexity index is 405. The molecule has 1 amide bonds. The average molecular weight is 279 g/mol. The van der Waals surface area contributed by atoms with E-state index in [1.54, 1.807) is 12.4 Å². The van der Waals surface area contributed by atoms with Gasteiger partial charge in [0.25, 0.3) is 5.91 Å². The first-order valence-corrected chi connectivity index (χ1v) is 7.34. The van der Waals surface area contributed by atoms with Crippen molar-refractivity contribution < 1.29 is 14.3 Å². The number of aromatic amines is 1. The Morgan fingerprint density at radius 1 is 1.25 bits per heavy atom. The second-order valence-electron chi connectivity index (χ2n) is 5.47. The molecule has 6 nitrogen and oxygen atoms in total. The van der Waals surface area contributed by atoms with E-state index < -0.39 is 0 Å². The lowest BCUT2D eigenvalue weighted by Gasteiger charge is -2.27. The van der Waals surface area contributed by atoms with Crippen molar-refractivity contribution in [2.45, 2.75) is 37.9 Å². The van der Waals surface area contributed by atoms with Gasteiger partial charge in [-0.1, -0.05) is 0 Å². The summed E-state index contributed by atoms with van der Waals surface area (Å²) in [6, 6.07) is 0. The minimum atomic E-state index is 0.00440. The minimum Gasteiger partial charge on any atom is -0.376 e. The molecule has 0 radical (unpaired) electrons. The van der Waals surface area contributed by atoms with Crippen molar-refractivity contribution in [3.8, 4) is 0 Å². The Balaban J connectivity index is 1.66. The molecular formula is C14H21N3O3. The molecule has 1 aromatic heterocycles. The second-order valence-corrected chi connectivity index (χ2v) is 5.47. The Morgan fingerprint density at radius 3 is 2.35 bits per heavy atom. The number of hydrogen-bond acceptors (Lipinski definition) is 4. The maximum atomic E-state index is 12.5. The molecule has 0 aromatic carbocycles. The number of carbonyl (C=O) groups is 1. The summed E-state index contributed by atoms with van der Waals surface area (Å²) < 4.78 is 11.3. The van der Waals surface area contributed by atoms with Crippen LogP contribution in [0.2, 0.25) is 0 Å². The fourth-order valence-electron chi connectivity index (χ4n) is 2.86. The molecule has 2 aliphatic heterocycles. The first kappa shape index (κ1) is 13.6. The van der Waals surface area contributed by atoms with Crippen molar-refractivity contribution >= 4 is 5.91 Å². The summed E-state index contributed by atoms with van der Waals surface area (Å²) in [5, 5.41) is 6.55. The lowest BCUT2D eigenvalue weighted by atomic mass is 10.1. The van der Waals surface area contributed by atoms with Crippen molar-refractivity contribution in [1.29, 1.82) is 0 Å². The number of amides is 1. The highest BCUT2D eigenvalue weighted by Gasteiger charge is 2.27. The molecule has 110 valence electrons. The number of ether oxygens (including phenoxy) is 2. The second kappa shape index (κ2) is 6.37. The van der Waals surface area contributed by atoms with Gasteiger partial charge in [0.1, 0.15) is 0 Å². The van der Waals surface area contributed by atoms with Crippen LogP contribution in [0.4, 0.5) is 0 Å². The Kier molecular flexibility index (Phi) is 4.32. The first-order valence-electron chi connectivity index (χ1n) is 7.34. The number of H-pyrrole nitrogens is 1. The van der Waals surface area contributed by atoms with Crippen LogP contribution >= 0.6 is 0 Å². The number of rotatable bonds is 5. The zero-order valence-corrected chi connectivity index (χ0v) is 11.6. The fraction of sp³-hybridized carbons (Fsp3) is 0.714. The molecule has 20 heavy (non-hydrogen) atoms. The third kappa shape index (κ3) is 3.19. The third-order valence-corrected chi connectivity index (χ3v) is 3.93. The van der Waals surface area contributed by atoms with Gasteiger partial charge in [-0.15, -0.1) is 0 Å². The van der Waals surface area contributed by atoms with E-state index in [4.69, 9.17) is 9.47 Å². The molecule has 2 atom stereocenters. The molecule has 2 fully saturated rings. The highest BCUT2D eigenvalue weighted by molar-refractivity contribution is 5.93. The Morgan fingerprint density at radius 2 is 1.90 bits per heavy atom. The van der Waals surface area contributed by atoms with E-state index in [1.165, 1.54) is 0 Å². The predicted octanol–water partition coefficient (Wildman–Crippen LogP) is 1.21. The van der Waals surface area contributed by atoms with Crippen LogP contribution in [0.3, 0.4) is 0 Å². The van der Waals surface area contributed by atoms with Gasteiger partial charge in [-0.05, 0) is 25.7 Å². The van der Waals surface area contributed by atoms with Crippen LogP contribution in [0.1, 0.15) is 36.0 Å². The largest absolute Gasteiger partial charge is 0.376 e. The first-order chi connectivity index (χ1) is 9.83. The molecule has 1 aromatic rings. The van der Waals surface area contributed by atoms with Crippen molar-refractivity contribution in [3.05, 3.63) is 18.0 Å². The van der Waals surface area contributed by atoms with Crippen LogP contribution in [-0.2, 0) is 9.47 Å². The minimum absolute atomic E-state index is 0.00440. The number of nitrogens with zero attached hydrogens (tertiary/aromatic N) is 2. The summed E-state index contributed by atoms with van der Waals surface area (Å²) >= 11 is 0. The lowest BCUT2D eigenvalue weighted by Crippen LogP contribution is -2.41. The topological polar surface area (TPSA) is 67.5 Å². The summed E-state index contributed by atoms with van der Waals surface area (Å²) in [6.07, 6.45) is 7.75. The van der Waals surface area contributed by atoms with E-state index >= 15 is 0 Å². The predicted molar refractivity (Wildman–Crippen MR) is 72.4 cm³/mol. The molecule has 2 saturated heterocycles. The third-order valence-electron chi connectivity index (χ3n) is 3.93. The molecule has 0 spiro atoms. The summed E-state index contributed by atoms with van der Waals surface area (Å²) in [5.74, 6) is 0.00440. The summed E-state index contributed by atoms with van der Waals surface area (Å²) in [4.78, 5) is 14.4. The zero-order chi connectivity index (χ0) is 13.8. The van der Waals surface area contributed by atoms with Crippen LogP contribution in [0.5, 0.6) is 0 Å². The number of aromatic nitrogens is 2. The van der Waals surface area contributed by atoms with E-state index in [2.05, 4.69) is 10.2 Å². The van der Waals surface area contributed by atoms with Gasteiger partial charge >= 0.3 is 0 Å². The number of carbonyl (C=O) groups excluding carboxylic acids is 1. The molecule has 1 N–H and O–H groups in total. The summed E-state index contributed by atoms with van der Waals surface area (Å²) in [7, 11) is 0. The monoisotopic (exact) mass is 279 g/mol. The van der Waals surface area contributed by atoms with Gasteiger partial charge in [0.15, 0.2) is 0 Å². The molecule has 6 heteroatoms. The van der Waals surface area contributed by atoms with E-state index in [-0.39, 0.29) is 18.1 Å². The molecule has 0 aliphatic carbocycles. The van der Waals surface area contributed by atoms with Gasteiger partial charge in [-0.3, -0.25) is 9.89 Å². The van der Waals surface area contributed by atoms with Gasteiger partial charge in [0.05, 0.1) is 24.0 Å². The molecular weight excluding hydrogens is 258 g/mol. The van der Waals surface area contributed by atoms with Crippen LogP contribution < -0.4 is 0 Å². The lowest BCUT2D eigenvalue weighted by molar-refractivity contribution is 0.0307. The van der Waals surface area contributed by atoms with Gasteiger partial charge < -0.3 is 14.4 Å². The van der Waals surface area contributed by atoms with Gasteiger partial charge in [-0.25, -0.2) is 0 Å². The van der Waals surface area contributed by atoms with Crippen LogP contribution in [0.25, 0.3) is 0 Å². The number of nitrogens with one attached hydrogen (secondary N) is 1. The molecule has 2 unspecified atom stereocenters. The average Bonchev–Trinajstić information content (AvgIpc) is 3.20. The standard InChI is InChI=1S/C14H21N3O3/c18-14(11-7-15-16-8-11)17(9-12-3-1-5-19-12)10-13-4-2-6-20-13/h7-8,12-13H,1-6,9-10H2,(H,15,16). The molecule has 3 rings (SSSR count). The van der Waals surface area contributed by atoms with Gasteiger partial charge in [0, 0.05) is 32.5 Å². The van der Waals surface area contributed by atoms with Crippen molar-refractivity contribution in [2.75, 3.05) is 26.3 Å². The maximum absolute atomic E-state index is 12.5. The van der Waals surface area contributed by atoms with E-state index in [0.29, 0.717) is 18.7 Å². The van der Waals surface area contributed by atoms with Crippen molar-refractivity contribution in [1.82, 2.24) is 15.1 Å². The van der Waals surface area contributed by atoms with Crippen LogP contribution in [-0.4, -0.2) is 59.5 Å². The Hall–Kier alpha value is -1.40. The molecule has 2 aliphatic rings. The summed E-state index contributed by atoms with van der Waals surface area (Å²) in [5.41, 5.74) is 0.598. The maximum Gasteiger partial charge on any atom is 0.257 e. The van der Waals surface area contributed by atoms with Crippen LogP contribution in [0, 0.1) is 0 Å². The quantitative estimate of drug-likeness (QED) is 0.879. The van der Waals surface area contributed by atoms with Gasteiger partial charge in [-0.2, -0.15) is 5.10 Å². The van der Waals surface area contributed by atoms with Crippen molar-refractivity contribution in [3.63, 3.8) is 0 Å². The SMILES string of the molecule is O=C(c1cn[nH]c1)N(CC1CCCO1)CC1CCCO1. The highest BCUT2D eigenvalue weighted by Crippen LogP contribution is 2.18. The molecule has 3 heterocycles. The normalized spacial score (nSPS) is 26.0. The Labute approximate surface area is 118 Å². The molecule has 0 bridgehead atoms. The summed E-state index contributed by atoms with van der Waals surface area (Å²) in [6.45, 7) is 2.89. The number of hydrogen-bond donors (Lipinski definition) is 1. The molecule has 0 saturated carbocycles. The highest BCUT2D eigenvalue weighted by atomic mass is 16.5. The van der Waals surface area contributed by atoms with Gasteiger partial charge in [0.2, 0.25) is 0 Å². The van der Waals surface area contributed by atoms with Crippen molar-refractivity contribution in [2.24, 2.45) is 0 Å². The zero-order valence-electron chi connectivity index (χ0n) is 11.6. The van der Waals surface area contributed by atoms with E-state index in [1.807, 2.05) is 4.90 Å². The smallest absolute Gasteiger partial charge is 0.257 e. The fourth-order valence-corrected chi connectivity index (χ4v) is 2.86. The van der Waals surface area contributed by atoms with E-state index in [0.717, 1.165) is 38.9 Å². The van der Waals surface area contributed by atoms with E-state index in [9.17, 15) is 4.79 Å². The van der Waals surface area contributed by atoms with Crippen LogP contribution in [0.15, 0.2) is 12.4 Å².